The van der Waals surface area contributed by atoms with Gasteiger partial charge in [-0.05, 0) is 49.1 Å². The second kappa shape index (κ2) is 9.28. The number of benzene rings is 2. The summed E-state index contributed by atoms with van der Waals surface area (Å²) in [5, 5.41) is 5.66. The fourth-order valence-electron chi connectivity index (χ4n) is 3.02. The zero-order valence-electron chi connectivity index (χ0n) is 15.0. The maximum atomic E-state index is 12.9. The summed E-state index contributed by atoms with van der Waals surface area (Å²) in [7, 11) is 0. The van der Waals surface area contributed by atoms with Crippen LogP contribution in [0.4, 0.5) is 10.1 Å². The van der Waals surface area contributed by atoms with Crippen molar-refractivity contribution in [2.24, 2.45) is 0 Å². The lowest BCUT2D eigenvalue weighted by Gasteiger charge is -2.14. The highest BCUT2D eigenvalue weighted by molar-refractivity contribution is 6.03. The minimum Gasteiger partial charge on any atom is -0.376 e. The van der Waals surface area contributed by atoms with E-state index in [1.165, 1.54) is 12.1 Å². The fraction of sp³-hybridized carbons (Fsp3) is 0.333. The van der Waals surface area contributed by atoms with Gasteiger partial charge in [0.25, 0.3) is 5.91 Å². The van der Waals surface area contributed by atoms with Crippen molar-refractivity contribution in [1.29, 1.82) is 0 Å². The molecule has 1 aliphatic rings. The van der Waals surface area contributed by atoms with E-state index in [2.05, 4.69) is 10.6 Å². The Bertz CT molecular complexity index is 786. The summed E-state index contributed by atoms with van der Waals surface area (Å²) in [5.74, 6) is -0.732. The number of halogens is 1. The number of anilines is 1. The summed E-state index contributed by atoms with van der Waals surface area (Å²) in [6, 6.07) is 13.0. The average Bonchev–Trinajstić information content (AvgIpc) is 3.20. The summed E-state index contributed by atoms with van der Waals surface area (Å²) >= 11 is 0. The molecule has 2 aromatic carbocycles. The van der Waals surface area contributed by atoms with E-state index in [0.29, 0.717) is 24.2 Å². The van der Waals surface area contributed by atoms with Gasteiger partial charge in [-0.15, -0.1) is 0 Å². The fourth-order valence-corrected chi connectivity index (χ4v) is 3.02. The highest BCUT2D eigenvalue weighted by atomic mass is 19.1. The van der Waals surface area contributed by atoms with Crippen LogP contribution in [0.25, 0.3) is 0 Å². The highest BCUT2D eigenvalue weighted by Crippen LogP contribution is 2.17. The van der Waals surface area contributed by atoms with Gasteiger partial charge in [0.2, 0.25) is 5.91 Å². The van der Waals surface area contributed by atoms with Crippen LogP contribution in [0.1, 0.15) is 35.2 Å². The summed E-state index contributed by atoms with van der Waals surface area (Å²) in [4.78, 5) is 24.7. The number of carbonyl (C=O) groups excluding carboxylic acids is 2. The van der Waals surface area contributed by atoms with Crippen LogP contribution in [-0.2, 0) is 16.0 Å². The molecule has 1 atom stereocenters. The molecule has 1 fully saturated rings. The predicted molar refractivity (Wildman–Crippen MR) is 101 cm³/mol. The number of rotatable bonds is 7. The number of aryl methyl sites for hydroxylation is 1. The smallest absolute Gasteiger partial charge is 0.253 e. The molecule has 27 heavy (non-hydrogen) atoms. The molecule has 0 bridgehead atoms. The van der Waals surface area contributed by atoms with Crippen molar-refractivity contribution in [2.45, 2.75) is 31.8 Å². The number of ether oxygens (including phenoxy) is 1. The van der Waals surface area contributed by atoms with Crippen LogP contribution in [-0.4, -0.2) is 31.1 Å². The topological polar surface area (TPSA) is 67.4 Å². The molecule has 2 aromatic rings. The molecule has 1 saturated heterocycles. The highest BCUT2D eigenvalue weighted by Gasteiger charge is 2.18. The number of para-hydroxylation sites is 1. The minimum absolute atomic E-state index is 0.0615. The van der Waals surface area contributed by atoms with E-state index in [1.807, 2.05) is 0 Å². The molecule has 1 aliphatic heterocycles. The molecule has 3 rings (SSSR count). The summed E-state index contributed by atoms with van der Waals surface area (Å²) < 4.78 is 18.4. The van der Waals surface area contributed by atoms with Crippen LogP contribution < -0.4 is 10.6 Å². The maximum Gasteiger partial charge on any atom is 0.253 e. The Morgan fingerprint density at radius 3 is 2.63 bits per heavy atom. The zero-order valence-corrected chi connectivity index (χ0v) is 15.0. The van der Waals surface area contributed by atoms with Gasteiger partial charge in [0.15, 0.2) is 0 Å². The van der Waals surface area contributed by atoms with E-state index in [0.717, 1.165) is 25.0 Å². The Balaban J connectivity index is 1.55. The van der Waals surface area contributed by atoms with Crippen LogP contribution in [0.5, 0.6) is 0 Å². The summed E-state index contributed by atoms with van der Waals surface area (Å²) in [5.41, 5.74) is 1.78. The Labute approximate surface area is 157 Å². The van der Waals surface area contributed by atoms with E-state index in [1.54, 1.807) is 36.4 Å². The molecule has 5 nitrogen and oxygen atoms in total. The van der Waals surface area contributed by atoms with E-state index in [9.17, 15) is 14.0 Å². The number of hydrogen-bond donors (Lipinski definition) is 2. The third-order valence-electron chi connectivity index (χ3n) is 4.51. The van der Waals surface area contributed by atoms with Crippen molar-refractivity contribution in [3.63, 3.8) is 0 Å². The van der Waals surface area contributed by atoms with Crippen molar-refractivity contribution in [1.82, 2.24) is 5.32 Å². The van der Waals surface area contributed by atoms with Gasteiger partial charge < -0.3 is 15.4 Å². The molecule has 0 spiro atoms. The first-order chi connectivity index (χ1) is 13.1. The first-order valence-electron chi connectivity index (χ1n) is 9.15. The van der Waals surface area contributed by atoms with Gasteiger partial charge in [-0.1, -0.05) is 24.3 Å². The van der Waals surface area contributed by atoms with Crippen LogP contribution in [0.3, 0.4) is 0 Å². The first kappa shape index (κ1) is 19.0. The SMILES string of the molecule is O=C(CCc1ccc(F)cc1)Nc1ccccc1C(=O)NC[C@H]1CCCO1. The monoisotopic (exact) mass is 370 g/mol. The Morgan fingerprint density at radius 1 is 1.11 bits per heavy atom. The lowest BCUT2D eigenvalue weighted by atomic mass is 10.1. The second-order valence-corrected chi connectivity index (χ2v) is 6.57. The first-order valence-corrected chi connectivity index (χ1v) is 9.15. The van der Waals surface area contributed by atoms with E-state index < -0.39 is 0 Å². The van der Waals surface area contributed by atoms with Crippen molar-refractivity contribution < 1.29 is 18.7 Å². The van der Waals surface area contributed by atoms with Crippen molar-refractivity contribution in [3.8, 4) is 0 Å². The summed E-state index contributed by atoms with van der Waals surface area (Å²) in [6.45, 7) is 1.20. The van der Waals surface area contributed by atoms with Crippen molar-refractivity contribution in [2.75, 3.05) is 18.5 Å². The van der Waals surface area contributed by atoms with E-state index >= 15 is 0 Å². The van der Waals surface area contributed by atoms with E-state index in [4.69, 9.17) is 4.74 Å². The Morgan fingerprint density at radius 2 is 1.89 bits per heavy atom. The Kier molecular flexibility index (Phi) is 6.54. The molecule has 2 N–H and O–H groups in total. The molecule has 0 radical (unpaired) electrons. The van der Waals surface area contributed by atoms with Crippen LogP contribution in [0.2, 0.25) is 0 Å². The van der Waals surface area contributed by atoms with Gasteiger partial charge in [-0.2, -0.15) is 0 Å². The molecule has 0 saturated carbocycles. The number of nitrogens with one attached hydrogen (secondary N) is 2. The van der Waals surface area contributed by atoms with Crippen LogP contribution in [0.15, 0.2) is 48.5 Å². The van der Waals surface area contributed by atoms with Gasteiger partial charge in [0, 0.05) is 19.6 Å². The standard InChI is InChI=1S/C21H23FN2O3/c22-16-10-7-15(8-11-16)9-12-20(25)24-19-6-2-1-5-18(19)21(26)23-14-17-4-3-13-27-17/h1-2,5-8,10-11,17H,3-4,9,12-14H2,(H,23,26)(H,24,25)/t17-/m1/s1. The molecule has 1 heterocycles. The van der Waals surface area contributed by atoms with Gasteiger partial charge in [-0.3, -0.25) is 9.59 Å². The lowest BCUT2D eigenvalue weighted by molar-refractivity contribution is -0.116. The third-order valence-corrected chi connectivity index (χ3v) is 4.51. The largest absolute Gasteiger partial charge is 0.376 e. The average molecular weight is 370 g/mol. The van der Waals surface area contributed by atoms with Gasteiger partial charge in [0.05, 0.1) is 17.4 Å². The molecular formula is C21H23FN2O3. The van der Waals surface area contributed by atoms with Gasteiger partial charge >= 0.3 is 0 Å². The molecule has 2 amide bonds. The Hall–Kier alpha value is -2.73. The minimum atomic E-state index is -0.300. The maximum absolute atomic E-state index is 12.9. The van der Waals surface area contributed by atoms with Crippen molar-refractivity contribution >= 4 is 17.5 Å². The van der Waals surface area contributed by atoms with E-state index in [-0.39, 0.29) is 30.2 Å². The molecule has 6 heteroatoms. The van der Waals surface area contributed by atoms with Gasteiger partial charge in [-0.25, -0.2) is 4.39 Å². The quantitative estimate of drug-likeness (QED) is 0.786. The van der Waals surface area contributed by atoms with Crippen LogP contribution >= 0.6 is 0 Å². The lowest BCUT2D eigenvalue weighted by Crippen LogP contribution is -2.32. The predicted octanol–water partition coefficient (Wildman–Crippen LogP) is 3.31. The number of hydrogen-bond acceptors (Lipinski definition) is 3. The molecule has 0 unspecified atom stereocenters. The van der Waals surface area contributed by atoms with Gasteiger partial charge in [0.1, 0.15) is 5.82 Å². The molecule has 142 valence electrons. The third kappa shape index (κ3) is 5.62. The van der Waals surface area contributed by atoms with Crippen LogP contribution in [0, 0.1) is 5.82 Å². The molecule has 0 aromatic heterocycles. The number of carbonyl (C=O) groups is 2. The molecule has 0 aliphatic carbocycles. The summed E-state index contributed by atoms with van der Waals surface area (Å²) in [6.07, 6.45) is 2.77. The normalized spacial score (nSPS) is 16.1. The molecular weight excluding hydrogens is 347 g/mol. The second-order valence-electron chi connectivity index (χ2n) is 6.57. The zero-order chi connectivity index (χ0) is 19.1. The van der Waals surface area contributed by atoms with Crippen molar-refractivity contribution in [3.05, 3.63) is 65.5 Å². The number of amides is 2.